The lowest BCUT2D eigenvalue weighted by molar-refractivity contribution is 0.568. The molecule has 0 bridgehead atoms. The van der Waals surface area contributed by atoms with Gasteiger partial charge in [-0.3, -0.25) is 4.98 Å². The summed E-state index contributed by atoms with van der Waals surface area (Å²) in [7, 11) is 0. The Kier molecular flexibility index (Phi) is 7.89. The zero-order valence-electron chi connectivity index (χ0n) is 41.9. The lowest BCUT2D eigenvalue weighted by Crippen LogP contribution is -2.60. The van der Waals surface area contributed by atoms with Gasteiger partial charge < -0.3 is 14.0 Å². The van der Waals surface area contributed by atoms with Crippen LogP contribution in [0.1, 0.15) is 74.9 Å². The fraction of sp³-hybridized carbons (Fsp3) is 0.132. The standard InChI is InChI=1S/C68H51BN4/c1-66(2,3)40-35-41(67(4,5)6)37-43(36-40)72-56-28-15-10-22-46(56)49-38-55-65-61(63(49)72)48-24-11-16-29-57(48)73(65)59-31-17-30-58-62(59)69(55)54-33-32-53-60(64(54)71(58)42-19-18-34-70-39-42)47-23-9-14-27-52(47)68(53)50-25-12-7-20-44(50)45-21-8-13-26-51(45)68/h7-39H,1-6H3. The Morgan fingerprint density at radius 2 is 1.05 bits per heavy atom. The third-order valence-corrected chi connectivity index (χ3v) is 17.3. The lowest BCUT2D eigenvalue weighted by atomic mass is 9.33. The zero-order chi connectivity index (χ0) is 48.9. The number of nitrogens with zero attached hydrogens (tertiary/aromatic N) is 4. The van der Waals surface area contributed by atoms with E-state index in [0.29, 0.717) is 0 Å². The number of hydrogen-bond donors (Lipinski definition) is 0. The first-order valence-corrected chi connectivity index (χ1v) is 26.0. The van der Waals surface area contributed by atoms with Crippen molar-refractivity contribution in [1.29, 1.82) is 0 Å². The molecule has 0 N–H and O–H groups in total. The van der Waals surface area contributed by atoms with Crippen molar-refractivity contribution in [2.24, 2.45) is 0 Å². The third-order valence-electron chi connectivity index (χ3n) is 17.3. The summed E-state index contributed by atoms with van der Waals surface area (Å²) in [6.07, 6.45) is 3.95. The van der Waals surface area contributed by atoms with Gasteiger partial charge in [0.15, 0.2) is 0 Å². The molecule has 2 aliphatic carbocycles. The van der Waals surface area contributed by atoms with Gasteiger partial charge in [0.1, 0.15) is 0 Å². The van der Waals surface area contributed by atoms with Crippen molar-refractivity contribution >= 4 is 83.8 Å². The van der Waals surface area contributed by atoms with E-state index >= 15 is 0 Å². The third kappa shape index (κ3) is 5.10. The molecule has 12 aromatic rings. The number of para-hydroxylation sites is 2. The van der Waals surface area contributed by atoms with Crippen LogP contribution in [0.25, 0.3) is 77.2 Å². The van der Waals surface area contributed by atoms with Gasteiger partial charge in [0.25, 0.3) is 6.71 Å². The van der Waals surface area contributed by atoms with Crippen LogP contribution in [0.4, 0.5) is 17.1 Å². The molecule has 4 nitrogen and oxygen atoms in total. The van der Waals surface area contributed by atoms with Crippen LogP contribution in [-0.2, 0) is 16.2 Å². The average molecular weight is 935 g/mol. The SMILES string of the molecule is CC(C)(C)c1cc(-n2c3ccccc3c3cc4c5c(c6ccccc6n5-c5cccc6c5B4c4ccc5c(c4N6c4cccnc4)-c4ccccc4C54c5ccccc5-c5ccccc54)c32)cc(C(C)(C)C)c1. The maximum absolute atomic E-state index is 4.83. The van der Waals surface area contributed by atoms with Gasteiger partial charge in [-0.1, -0.05) is 181 Å². The summed E-state index contributed by atoms with van der Waals surface area (Å²) in [5, 5.41) is 5.11. The van der Waals surface area contributed by atoms with E-state index in [1.165, 1.54) is 138 Å². The lowest BCUT2D eigenvalue weighted by Gasteiger charge is -2.41. The van der Waals surface area contributed by atoms with Crippen molar-refractivity contribution in [3.05, 3.63) is 234 Å². The van der Waals surface area contributed by atoms with Gasteiger partial charge in [0.05, 0.1) is 39.4 Å². The molecule has 0 saturated heterocycles. The normalized spacial score (nSPS) is 14.5. The second kappa shape index (κ2) is 14.0. The Hall–Kier alpha value is -8.41. The van der Waals surface area contributed by atoms with Crippen molar-refractivity contribution in [2.45, 2.75) is 57.8 Å². The minimum atomic E-state index is -0.485. The minimum Gasteiger partial charge on any atom is -0.310 e. The van der Waals surface area contributed by atoms with Crippen LogP contribution in [0.3, 0.4) is 0 Å². The molecule has 4 aliphatic rings. The number of pyridine rings is 1. The van der Waals surface area contributed by atoms with E-state index in [-0.39, 0.29) is 17.5 Å². The molecule has 1 spiro atoms. The van der Waals surface area contributed by atoms with Crippen molar-refractivity contribution in [3.8, 4) is 33.6 Å². The molecule has 5 heterocycles. The fourth-order valence-corrected chi connectivity index (χ4v) is 14.2. The Bertz CT molecular complexity index is 4350. The maximum Gasteiger partial charge on any atom is 0.252 e. The first-order valence-electron chi connectivity index (χ1n) is 26.0. The van der Waals surface area contributed by atoms with Gasteiger partial charge in [-0.15, -0.1) is 0 Å². The summed E-state index contributed by atoms with van der Waals surface area (Å²) in [5.41, 5.74) is 27.6. The largest absolute Gasteiger partial charge is 0.310 e. The summed E-state index contributed by atoms with van der Waals surface area (Å²) in [6, 6.07) is 72.2. The molecular formula is C68H51BN4. The number of rotatable bonds is 2. The first-order chi connectivity index (χ1) is 35.5. The van der Waals surface area contributed by atoms with Crippen LogP contribution in [0.2, 0.25) is 0 Å². The van der Waals surface area contributed by atoms with Crippen molar-refractivity contribution in [1.82, 2.24) is 14.1 Å². The molecule has 3 aromatic heterocycles. The highest BCUT2D eigenvalue weighted by Gasteiger charge is 2.54. The smallest absolute Gasteiger partial charge is 0.252 e. The van der Waals surface area contributed by atoms with Gasteiger partial charge >= 0.3 is 0 Å². The molecule has 0 saturated carbocycles. The van der Waals surface area contributed by atoms with Crippen LogP contribution >= 0.6 is 0 Å². The van der Waals surface area contributed by atoms with E-state index in [9.17, 15) is 0 Å². The molecule has 2 aliphatic heterocycles. The summed E-state index contributed by atoms with van der Waals surface area (Å²) in [6.45, 7) is 14.0. The molecule has 0 radical (unpaired) electrons. The molecule has 5 heteroatoms. The van der Waals surface area contributed by atoms with E-state index in [1.54, 1.807) is 0 Å². The Morgan fingerprint density at radius 1 is 0.452 bits per heavy atom. The van der Waals surface area contributed by atoms with E-state index in [0.717, 1.165) is 5.69 Å². The quantitative estimate of drug-likeness (QED) is 0.161. The molecule has 346 valence electrons. The van der Waals surface area contributed by atoms with E-state index in [2.05, 4.69) is 250 Å². The zero-order valence-corrected chi connectivity index (χ0v) is 41.9. The number of anilines is 3. The Morgan fingerprint density at radius 3 is 1.73 bits per heavy atom. The van der Waals surface area contributed by atoms with Crippen LogP contribution < -0.4 is 21.3 Å². The maximum atomic E-state index is 4.83. The Balaban J connectivity index is 1.07. The summed E-state index contributed by atoms with van der Waals surface area (Å²) in [4.78, 5) is 7.39. The number of hydrogen-bond acceptors (Lipinski definition) is 2. The highest BCUT2D eigenvalue weighted by atomic mass is 15.2. The molecule has 9 aromatic carbocycles. The van der Waals surface area contributed by atoms with E-state index in [4.69, 9.17) is 4.98 Å². The molecule has 16 rings (SSSR count). The van der Waals surface area contributed by atoms with E-state index in [1.807, 2.05) is 6.20 Å². The number of fused-ring (bicyclic) bond motifs is 22. The average Bonchev–Trinajstić information content (AvgIpc) is 4.14. The molecule has 0 unspecified atom stereocenters. The summed E-state index contributed by atoms with van der Waals surface area (Å²) in [5.74, 6) is 0. The van der Waals surface area contributed by atoms with Gasteiger partial charge in [-0.2, -0.15) is 0 Å². The van der Waals surface area contributed by atoms with Crippen LogP contribution in [0.15, 0.2) is 200 Å². The predicted molar refractivity (Wildman–Crippen MR) is 306 cm³/mol. The van der Waals surface area contributed by atoms with Gasteiger partial charge in [-0.25, -0.2) is 0 Å². The van der Waals surface area contributed by atoms with Gasteiger partial charge in [0.2, 0.25) is 0 Å². The topological polar surface area (TPSA) is 26.0 Å². The second-order valence-electron chi connectivity index (χ2n) is 23.1. The second-order valence-corrected chi connectivity index (χ2v) is 23.1. The molecule has 0 fully saturated rings. The Labute approximate surface area is 425 Å². The molecule has 0 atom stereocenters. The molecule has 0 amide bonds. The predicted octanol–water partition coefficient (Wildman–Crippen LogP) is 14.8. The van der Waals surface area contributed by atoms with Crippen LogP contribution in [-0.4, -0.2) is 20.8 Å². The number of benzene rings is 9. The molecule has 73 heavy (non-hydrogen) atoms. The first kappa shape index (κ1) is 41.2. The monoisotopic (exact) mass is 934 g/mol. The van der Waals surface area contributed by atoms with Crippen LogP contribution in [0.5, 0.6) is 0 Å². The van der Waals surface area contributed by atoms with E-state index < -0.39 is 5.41 Å². The van der Waals surface area contributed by atoms with Crippen molar-refractivity contribution in [2.75, 3.05) is 4.90 Å². The summed E-state index contributed by atoms with van der Waals surface area (Å²) < 4.78 is 5.22. The number of aromatic nitrogens is 3. The van der Waals surface area contributed by atoms with Crippen molar-refractivity contribution in [3.63, 3.8) is 0 Å². The highest BCUT2D eigenvalue weighted by molar-refractivity contribution is 7.00. The molecular weight excluding hydrogens is 884 g/mol. The highest BCUT2D eigenvalue weighted by Crippen LogP contribution is 2.65. The van der Waals surface area contributed by atoms with Crippen LogP contribution in [0, 0.1) is 0 Å². The minimum absolute atomic E-state index is 0.0432. The fourth-order valence-electron chi connectivity index (χ4n) is 14.2. The summed E-state index contributed by atoms with van der Waals surface area (Å²) >= 11 is 0. The van der Waals surface area contributed by atoms with Crippen molar-refractivity contribution < 1.29 is 0 Å². The van der Waals surface area contributed by atoms with Gasteiger partial charge in [0, 0.05) is 56.1 Å². The van der Waals surface area contributed by atoms with Gasteiger partial charge in [-0.05, 0) is 126 Å².